The topological polar surface area (TPSA) is 23.6 Å². The van der Waals surface area contributed by atoms with Crippen LogP contribution < -0.4 is 0 Å². The van der Waals surface area contributed by atoms with E-state index in [2.05, 4.69) is 39.9 Å². The first-order valence-corrected chi connectivity index (χ1v) is 8.86. The van der Waals surface area contributed by atoms with Crippen LogP contribution in [0, 0.1) is 5.82 Å². The molecule has 0 bridgehead atoms. The van der Waals surface area contributed by atoms with Crippen LogP contribution in [0.25, 0.3) is 0 Å². The first kappa shape index (κ1) is 17.1. The van der Waals surface area contributed by atoms with Gasteiger partial charge < -0.3 is 4.90 Å². The van der Waals surface area contributed by atoms with E-state index < -0.39 is 0 Å². The van der Waals surface area contributed by atoms with E-state index in [0.29, 0.717) is 16.6 Å². The third kappa shape index (κ3) is 3.84. The molecule has 1 amide bonds. The molecule has 3 rings (SSSR count). The normalized spacial score (nSPS) is 18.6. The predicted octanol–water partition coefficient (Wildman–Crippen LogP) is 3.93. The zero-order valence-electron chi connectivity index (χ0n) is 13.6. The molecule has 0 spiro atoms. The summed E-state index contributed by atoms with van der Waals surface area (Å²) in [5.41, 5.74) is 1.80. The Morgan fingerprint density at radius 2 is 1.96 bits per heavy atom. The first-order valence-electron chi connectivity index (χ1n) is 8.07. The monoisotopic (exact) mass is 390 g/mol. The Bertz CT molecular complexity index is 723. The second-order valence-electron chi connectivity index (χ2n) is 6.19. The van der Waals surface area contributed by atoms with Gasteiger partial charge in [-0.3, -0.25) is 9.69 Å². The predicted molar refractivity (Wildman–Crippen MR) is 96.3 cm³/mol. The molecule has 2 aromatic carbocycles. The molecule has 1 aliphatic rings. The molecule has 0 N–H and O–H groups in total. The number of amides is 1. The minimum Gasteiger partial charge on any atom is -0.333 e. The van der Waals surface area contributed by atoms with Gasteiger partial charge >= 0.3 is 0 Å². The van der Waals surface area contributed by atoms with Gasteiger partial charge in [0, 0.05) is 36.7 Å². The molecule has 0 saturated carbocycles. The van der Waals surface area contributed by atoms with E-state index in [4.69, 9.17) is 0 Å². The second-order valence-corrected chi connectivity index (χ2v) is 7.05. The summed E-state index contributed by atoms with van der Waals surface area (Å²) in [5.74, 6) is -0.395. The molecular formula is C19H20BrFN2O. The third-order valence-electron chi connectivity index (χ3n) is 4.38. The zero-order chi connectivity index (χ0) is 17.1. The Kier molecular flexibility index (Phi) is 5.31. The SMILES string of the molecule is C[C@H]1CN(Cc2ccccc2)CCN1C(=O)c1ccc(F)cc1Br. The average Bonchev–Trinajstić information content (AvgIpc) is 2.55. The van der Waals surface area contributed by atoms with Gasteiger partial charge in [-0.25, -0.2) is 4.39 Å². The van der Waals surface area contributed by atoms with Gasteiger partial charge in [-0.1, -0.05) is 30.3 Å². The summed E-state index contributed by atoms with van der Waals surface area (Å²) in [7, 11) is 0. The van der Waals surface area contributed by atoms with Crippen LogP contribution in [-0.2, 0) is 6.54 Å². The van der Waals surface area contributed by atoms with Gasteiger partial charge in [0.1, 0.15) is 5.82 Å². The van der Waals surface area contributed by atoms with Crippen molar-refractivity contribution in [2.75, 3.05) is 19.6 Å². The summed E-state index contributed by atoms with van der Waals surface area (Å²) in [6.07, 6.45) is 0. The summed E-state index contributed by atoms with van der Waals surface area (Å²) in [6.45, 7) is 5.31. The van der Waals surface area contributed by atoms with E-state index in [9.17, 15) is 9.18 Å². The maximum absolute atomic E-state index is 13.2. The van der Waals surface area contributed by atoms with Crippen molar-refractivity contribution in [3.8, 4) is 0 Å². The highest BCUT2D eigenvalue weighted by atomic mass is 79.9. The van der Waals surface area contributed by atoms with Crippen LogP contribution in [0.2, 0.25) is 0 Å². The summed E-state index contributed by atoms with van der Waals surface area (Å²) in [6, 6.07) is 14.7. The lowest BCUT2D eigenvalue weighted by molar-refractivity contribution is 0.0474. The van der Waals surface area contributed by atoms with Crippen LogP contribution in [-0.4, -0.2) is 41.4 Å². The molecule has 0 aliphatic carbocycles. The number of hydrogen-bond donors (Lipinski definition) is 0. The molecule has 0 radical (unpaired) electrons. The first-order chi connectivity index (χ1) is 11.5. The van der Waals surface area contributed by atoms with Crippen LogP contribution >= 0.6 is 15.9 Å². The number of carbonyl (C=O) groups excluding carboxylic acids is 1. The maximum atomic E-state index is 13.2. The van der Waals surface area contributed by atoms with Crippen LogP contribution in [0.3, 0.4) is 0 Å². The van der Waals surface area contributed by atoms with Crippen LogP contribution in [0.4, 0.5) is 4.39 Å². The second kappa shape index (κ2) is 7.45. The average molecular weight is 391 g/mol. The van der Waals surface area contributed by atoms with Crippen LogP contribution in [0.5, 0.6) is 0 Å². The molecule has 24 heavy (non-hydrogen) atoms. The molecule has 0 aromatic heterocycles. The van der Waals surface area contributed by atoms with Crippen molar-refractivity contribution in [1.82, 2.24) is 9.80 Å². The summed E-state index contributed by atoms with van der Waals surface area (Å²) in [5, 5.41) is 0. The number of benzene rings is 2. The number of nitrogens with zero attached hydrogens (tertiary/aromatic N) is 2. The molecule has 0 unspecified atom stereocenters. The third-order valence-corrected chi connectivity index (χ3v) is 5.04. The molecule has 1 fully saturated rings. The lowest BCUT2D eigenvalue weighted by Crippen LogP contribution is -2.53. The van der Waals surface area contributed by atoms with Gasteiger partial charge in [0.2, 0.25) is 0 Å². The number of rotatable bonds is 3. The van der Waals surface area contributed by atoms with E-state index in [0.717, 1.165) is 19.6 Å². The van der Waals surface area contributed by atoms with Crippen molar-refractivity contribution >= 4 is 21.8 Å². The number of piperazine rings is 1. The fourth-order valence-electron chi connectivity index (χ4n) is 3.14. The van der Waals surface area contributed by atoms with Crippen LogP contribution in [0.15, 0.2) is 53.0 Å². The summed E-state index contributed by atoms with van der Waals surface area (Å²) < 4.78 is 13.7. The van der Waals surface area contributed by atoms with Crippen molar-refractivity contribution in [3.05, 3.63) is 69.9 Å². The molecule has 1 heterocycles. The zero-order valence-corrected chi connectivity index (χ0v) is 15.2. The van der Waals surface area contributed by atoms with Gasteiger partial charge in [-0.15, -0.1) is 0 Å². The van der Waals surface area contributed by atoms with Gasteiger partial charge in [-0.2, -0.15) is 0 Å². The van der Waals surface area contributed by atoms with Crippen molar-refractivity contribution < 1.29 is 9.18 Å². The van der Waals surface area contributed by atoms with Gasteiger partial charge in [0.05, 0.1) is 5.56 Å². The number of hydrogen-bond acceptors (Lipinski definition) is 2. The van der Waals surface area contributed by atoms with E-state index in [1.807, 2.05) is 23.1 Å². The fraction of sp³-hybridized carbons (Fsp3) is 0.316. The highest BCUT2D eigenvalue weighted by Crippen LogP contribution is 2.22. The smallest absolute Gasteiger partial charge is 0.255 e. The van der Waals surface area contributed by atoms with E-state index >= 15 is 0 Å². The van der Waals surface area contributed by atoms with E-state index in [1.165, 1.54) is 17.7 Å². The molecule has 1 aliphatic heterocycles. The van der Waals surface area contributed by atoms with Crippen molar-refractivity contribution in [2.24, 2.45) is 0 Å². The Hall–Kier alpha value is -1.72. The fourth-order valence-corrected chi connectivity index (χ4v) is 3.66. The Morgan fingerprint density at radius 1 is 1.21 bits per heavy atom. The Balaban J connectivity index is 1.66. The summed E-state index contributed by atoms with van der Waals surface area (Å²) >= 11 is 3.29. The molecule has 3 nitrogen and oxygen atoms in total. The Labute approximate surface area is 150 Å². The molecule has 126 valence electrons. The quantitative estimate of drug-likeness (QED) is 0.792. The Morgan fingerprint density at radius 3 is 2.62 bits per heavy atom. The van der Waals surface area contributed by atoms with Crippen molar-refractivity contribution in [3.63, 3.8) is 0 Å². The largest absolute Gasteiger partial charge is 0.333 e. The van der Waals surface area contributed by atoms with Gasteiger partial charge in [-0.05, 0) is 46.6 Å². The van der Waals surface area contributed by atoms with Gasteiger partial charge in [0.25, 0.3) is 5.91 Å². The van der Waals surface area contributed by atoms with E-state index in [1.54, 1.807) is 6.07 Å². The minimum absolute atomic E-state index is 0.0475. The lowest BCUT2D eigenvalue weighted by Gasteiger charge is -2.40. The molecule has 5 heteroatoms. The maximum Gasteiger partial charge on any atom is 0.255 e. The highest BCUT2D eigenvalue weighted by molar-refractivity contribution is 9.10. The van der Waals surface area contributed by atoms with Crippen molar-refractivity contribution in [1.29, 1.82) is 0 Å². The lowest BCUT2D eigenvalue weighted by atomic mass is 10.1. The summed E-state index contributed by atoms with van der Waals surface area (Å²) in [4.78, 5) is 17.0. The molecule has 1 atom stereocenters. The standard InChI is InChI=1S/C19H20BrFN2O/c1-14-12-22(13-15-5-3-2-4-6-15)9-10-23(14)19(24)17-8-7-16(21)11-18(17)20/h2-8,11,14H,9-10,12-13H2,1H3/t14-/m0/s1. The van der Waals surface area contributed by atoms with Crippen LogP contribution in [0.1, 0.15) is 22.8 Å². The number of halogens is 2. The highest BCUT2D eigenvalue weighted by Gasteiger charge is 2.29. The van der Waals surface area contributed by atoms with Gasteiger partial charge in [0.15, 0.2) is 0 Å². The number of carbonyl (C=O) groups is 1. The molecular weight excluding hydrogens is 371 g/mol. The molecule has 1 saturated heterocycles. The minimum atomic E-state index is -0.348. The molecule has 2 aromatic rings. The van der Waals surface area contributed by atoms with E-state index in [-0.39, 0.29) is 17.8 Å². The van der Waals surface area contributed by atoms with Crippen molar-refractivity contribution in [2.45, 2.75) is 19.5 Å².